The molecule has 0 aliphatic carbocycles. The van der Waals surface area contributed by atoms with Gasteiger partial charge in [0, 0.05) is 0 Å². The standard InChI is InChI=1S/C9H8NO2/c1-12-9-4-7(6-11)2-3-8(9)5-10/h2-4,6,11H,1H3. The molecule has 0 aromatic heterocycles. The lowest BCUT2D eigenvalue weighted by molar-refractivity contribution is 0.403. The highest BCUT2D eigenvalue weighted by Gasteiger charge is 2.02. The molecule has 3 heteroatoms. The molecular weight excluding hydrogens is 154 g/mol. The van der Waals surface area contributed by atoms with Crippen LogP contribution in [-0.2, 0) is 0 Å². The predicted molar refractivity (Wildman–Crippen MR) is 43.0 cm³/mol. The molecule has 0 spiro atoms. The zero-order chi connectivity index (χ0) is 8.97. The van der Waals surface area contributed by atoms with E-state index in [4.69, 9.17) is 15.1 Å². The van der Waals surface area contributed by atoms with Gasteiger partial charge in [-0.05, 0) is 17.7 Å². The summed E-state index contributed by atoms with van der Waals surface area (Å²) in [5.74, 6) is 0.473. The number of hydrogen-bond acceptors (Lipinski definition) is 3. The Morgan fingerprint density at radius 1 is 1.58 bits per heavy atom. The summed E-state index contributed by atoms with van der Waals surface area (Å²) in [6.45, 7) is 0.962. The number of methoxy groups -OCH3 is 1. The Labute approximate surface area is 70.8 Å². The molecule has 0 amide bonds. The molecule has 0 fully saturated rings. The van der Waals surface area contributed by atoms with E-state index in [-0.39, 0.29) is 0 Å². The quantitative estimate of drug-likeness (QED) is 0.716. The van der Waals surface area contributed by atoms with Crippen molar-refractivity contribution < 1.29 is 9.84 Å². The lowest BCUT2D eigenvalue weighted by atomic mass is 10.1. The number of nitrogens with zero attached hydrogens (tertiary/aromatic N) is 1. The van der Waals surface area contributed by atoms with Crippen LogP contribution < -0.4 is 4.74 Å². The molecule has 1 radical (unpaired) electrons. The smallest absolute Gasteiger partial charge is 0.136 e. The highest BCUT2D eigenvalue weighted by Crippen LogP contribution is 2.19. The average molecular weight is 162 g/mol. The van der Waals surface area contributed by atoms with Gasteiger partial charge < -0.3 is 9.84 Å². The molecular formula is C9H8NO2. The summed E-state index contributed by atoms with van der Waals surface area (Å²) < 4.78 is 4.93. The molecule has 0 atom stereocenters. The molecule has 0 aliphatic rings. The third-order valence-electron chi connectivity index (χ3n) is 1.50. The summed E-state index contributed by atoms with van der Waals surface area (Å²) in [6, 6.07) is 6.81. The van der Waals surface area contributed by atoms with Gasteiger partial charge in [0.15, 0.2) is 0 Å². The average Bonchev–Trinajstić information content (AvgIpc) is 2.16. The topological polar surface area (TPSA) is 53.2 Å². The van der Waals surface area contributed by atoms with Crippen LogP contribution >= 0.6 is 0 Å². The highest BCUT2D eigenvalue weighted by molar-refractivity contribution is 5.46. The van der Waals surface area contributed by atoms with E-state index in [1.807, 2.05) is 6.07 Å². The summed E-state index contributed by atoms with van der Waals surface area (Å²) in [7, 11) is 1.48. The Hall–Kier alpha value is -1.53. The van der Waals surface area contributed by atoms with Gasteiger partial charge in [-0.15, -0.1) is 0 Å². The lowest BCUT2D eigenvalue weighted by Crippen LogP contribution is -1.89. The summed E-state index contributed by atoms with van der Waals surface area (Å²) in [4.78, 5) is 0. The van der Waals surface area contributed by atoms with Crippen molar-refractivity contribution in [1.29, 1.82) is 5.26 Å². The van der Waals surface area contributed by atoms with E-state index in [2.05, 4.69) is 0 Å². The van der Waals surface area contributed by atoms with Crippen molar-refractivity contribution >= 4 is 0 Å². The van der Waals surface area contributed by atoms with E-state index >= 15 is 0 Å². The van der Waals surface area contributed by atoms with Crippen LogP contribution in [0.1, 0.15) is 11.1 Å². The van der Waals surface area contributed by atoms with E-state index in [0.717, 1.165) is 6.61 Å². The van der Waals surface area contributed by atoms with E-state index in [0.29, 0.717) is 16.9 Å². The summed E-state index contributed by atoms with van der Waals surface area (Å²) >= 11 is 0. The van der Waals surface area contributed by atoms with Crippen molar-refractivity contribution in [3.63, 3.8) is 0 Å². The number of nitriles is 1. The fourth-order valence-corrected chi connectivity index (χ4v) is 0.880. The largest absolute Gasteiger partial charge is 0.495 e. The fraction of sp³-hybridized carbons (Fsp3) is 0.111. The molecule has 0 saturated heterocycles. The Morgan fingerprint density at radius 3 is 2.83 bits per heavy atom. The van der Waals surface area contributed by atoms with Gasteiger partial charge in [-0.1, -0.05) is 6.07 Å². The SMILES string of the molecule is COc1cc([CH]O)ccc1C#N. The molecule has 0 bridgehead atoms. The van der Waals surface area contributed by atoms with Gasteiger partial charge in [0.1, 0.15) is 18.4 Å². The number of aliphatic hydroxyl groups excluding tert-OH is 1. The van der Waals surface area contributed by atoms with Crippen LogP contribution in [0.3, 0.4) is 0 Å². The minimum atomic E-state index is 0.461. The van der Waals surface area contributed by atoms with Gasteiger partial charge in [0.05, 0.1) is 12.7 Å². The number of hydrogen-bond donors (Lipinski definition) is 1. The second-order valence-electron chi connectivity index (χ2n) is 2.20. The van der Waals surface area contributed by atoms with Crippen molar-refractivity contribution in [3.8, 4) is 11.8 Å². The molecule has 3 nitrogen and oxygen atoms in total. The number of ether oxygens (including phenoxy) is 1. The zero-order valence-electron chi connectivity index (χ0n) is 6.61. The molecule has 61 valence electrons. The Balaban J connectivity index is 3.13. The normalized spacial score (nSPS) is 9.08. The Kier molecular flexibility index (Phi) is 2.67. The van der Waals surface area contributed by atoms with Crippen LogP contribution in [0.25, 0.3) is 0 Å². The maximum absolute atomic E-state index is 8.66. The van der Waals surface area contributed by atoms with Gasteiger partial charge in [-0.3, -0.25) is 0 Å². The first-order valence-electron chi connectivity index (χ1n) is 3.37. The first-order chi connectivity index (χ1) is 5.81. The monoisotopic (exact) mass is 162 g/mol. The Bertz CT molecular complexity index is 315. The first-order valence-corrected chi connectivity index (χ1v) is 3.37. The second-order valence-corrected chi connectivity index (χ2v) is 2.20. The van der Waals surface area contributed by atoms with Crippen molar-refractivity contribution in [1.82, 2.24) is 0 Å². The van der Waals surface area contributed by atoms with Crippen molar-refractivity contribution in [2.45, 2.75) is 0 Å². The first kappa shape index (κ1) is 8.57. The van der Waals surface area contributed by atoms with Gasteiger partial charge in [-0.25, -0.2) is 0 Å². The van der Waals surface area contributed by atoms with Crippen molar-refractivity contribution in [2.24, 2.45) is 0 Å². The molecule has 0 heterocycles. The lowest BCUT2D eigenvalue weighted by Gasteiger charge is -2.03. The van der Waals surface area contributed by atoms with E-state index in [1.54, 1.807) is 18.2 Å². The van der Waals surface area contributed by atoms with Crippen LogP contribution in [0.15, 0.2) is 18.2 Å². The summed E-state index contributed by atoms with van der Waals surface area (Å²) in [6.07, 6.45) is 0. The van der Waals surface area contributed by atoms with Gasteiger partial charge in [0.25, 0.3) is 0 Å². The second kappa shape index (κ2) is 3.74. The number of benzene rings is 1. The third kappa shape index (κ3) is 1.55. The van der Waals surface area contributed by atoms with Gasteiger partial charge in [0.2, 0.25) is 0 Å². The summed E-state index contributed by atoms with van der Waals surface area (Å²) in [5.41, 5.74) is 1.08. The minimum Gasteiger partial charge on any atom is -0.495 e. The molecule has 1 rings (SSSR count). The molecule has 1 aromatic carbocycles. The predicted octanol–water partition coefficient (Wildman–Crippen LogP) is 1.45. The fourth-order valence-electron chi connectivity index (χ4n) is 0.880. The van der Waals surface area contributed by atoms with Crippen molar-refractivity contribution in [2.75, 3.05) is 7.11 Å². The number of rotatable bonds is 2. The van der Waals surface area contributed by atoms with E-state index in [9.17, 15) is 0 Å². The number of aliphatic hydroxyl groups is 1. The van der Waals surface area contributed by atoms with E-state index < -0.39 is 0 Å². The third-order valence-corrected chi connectivity index (χ3v) is 1.50. The maximum Gasteiger partial charge on any atom is 0.136 e. The molecule has 1 N–H and O–H groups in total. The maximum atomic E-state index is 8.66. The molecule has 0 saturated carbocycles. The molecule has 12 heavy (non-hydrogen) atoms. The summed E-state index contributed by atoms with van der Waals surface area (Å²) in [5, 5.41) is 17.3. The molecule has 1 aromatic rings. The van der Waals surface area contributed by atoms with Crippen molar-refractivity contribution in [3.05, 3.63) is 35.9 Å². The van der Waals surface area contributed by atoms with Crippen LogP contribution in [0.5, 0.6) is 5.75 Å². The molecule has 0 unspecified atom stereocenters. The van der Waals surface area contributed by atoms with Crippen LogP contribution in [0.4, 0.5) is 0 Å². The minimum absolute atomic E-state index is 0.461. The highest BCUT2D eigenvalue weighted by atomic mass is 16.5. The molecule has 0 aliphatic heterocycles. The van der Waals surface area contributed by atoms with E-state index in [1.165, 1.54) is 7.11 Å². The zero-order valence-corrected chi connectivity index (χ0v) is 6.61. The van der Waals surface area contributed by atoms with Crippen LogP contribution in [0, 0.1) is 17.9 Å². The Morgan fingerprint density at radius 2 is 2.33 bits per heavy atom. The van der Waals surface area contributed by atoms with Gasteiger partial charge >= 0.3 is 0 Å². The van der Waals surface area contributed by atoms with Gasteiger partial charge in [-0.2, -0.15) is 5.26 Å². The van der Waals surface area contributed by atoms with Crippen LogP contribution in [-0.4, -0.2) is 12.2 Å². The van der Waals surface area contributed by atoms with Crippen LogP contribution in [0.2, 0.25) is 0 Å².